The molecule has 6 heteroatoms. The number of benzene rings is 1. The van der Waals surface area contributed by atoms with Gasteiger partial charge in [0.25, 0.3) is 5.91 Å². The van der Waals surface area contributed by atoms with E-state index in [1.165, 1.54) is 11.3 Å². The van der Waals surface area contributed by atoms with E-state index in [9.17, 15) is 4.79 Å². The fourth-order valence-corrected chi connectivity index (χ4v) is 2.60. The van der Waals surface area contributed by atoms with Crippen molar-refractivity contribution in [3.8, 4) is 5.75 Å². The van der Waals surface area contributed by atoms with Gasteiger partial charge in [0.15, 0.2) is 6.10 Å². The molecule has 0 aliphatic carbocycles. The van der Waals surface area contributed by atoms with Gasteiger partial charge < -0.3 is 4.74 Å². The van der Waals surface area contributed by atoms with Gasteiger partial charge in [0.2, 0.25) is 5.13 Å². The minimum atomic E-state index is -0.592. The van der Waals surface area contributed by atoms with E-state index in [4.69, 9.17) is 4.74 Å². The van der Waals surface area contributed by atoms with Crippen molar-refractivity contribution in [3.63, 3.8) is 0 Å². The highest BCUT2D eigenvalue weighted by Gasteiger charge is 2.16. The van der Waals surface area contributed by atoms with Crippen molar-refractivity contribution < 1.29 is 9.53 Å². The van der Waals surface area contributed by atoms with Crippen LogP contribution in [0.2, 0.25) is 0 Å². The molecule has 2 rings (SSSR count). The summed E-state index contributed by atoms with van der Waals surface area (Å²) in [6, 6.07) is 7.61. The molecule has 0 saturated heterocycles. The molecule has 0 aliphatic rings. The zero-order valence-corrected chi connectivity index (χ0v) is 13.9. The van der Waals surface area contributed by atoms with E-state index in [-0.39, 0.29) is 5.91 Å². The van der Waals surface area contributed by atoms with Gasteiger partial charge in [0.05, 0.1) is 0 Å². The monoisotopic (exact) mass is 319 g/mol. The zero-order chi connectivity index (χ0) is 15.9. The Hall–Kier alpha value is -1.95. The van der Waals surface area contributed by atoms with Crippen LogP contribution in [0.3, 0.4) is 0 Å². The summed E-state index contributed by atoms with van der Waals surface area (Å²) in [7, 11) is 0. The van der Waals surface area contributed by atoms with Gasteiger partial charge in [-0.1, -0.05) is 42.4 Å². The maximum atomic E-state index is 12.1. The molecule has 1 atom stereocenters. The maximum absolute atomic E-state index is 12.1. The van der Waals surface area contributed by atoms with Crippen LogP contribution in [0, 0.1) is 6.92 Å². The summed E-state index contributed by atoms with van der Waals surface area (Å²) in [4.78, 5) is 12.1. The van der Waals surface area contributed by atoms with Gasteiger partial charge in [-0.05, 0) is 32.4 Å². The van der Waals surface area contributed by atoms with Crippen LogP contribution in [-0.2, 0) is 11.2 Å². The molecule has 0 bridgehead atoms. The molecule has 22 heavy (non-hydrogen) atoms. The third-order valence-electron chi connectivity index (χ3n) is 3.14. The van der Waals surface area contributed by atoms with Gasteiger partial charge in [-0.25, -0.2) is 0 Å². The molecule has 2 aromatic rings. The first-order valence-corrected chi connectivity index (χ1v) is 8.26. The number of unbranched alkanes of at least 4 members (excludes halogenated alkanes) is 1. The number of carbonyl (C=O) groups excluding carboxylic acids is 1. The van der Waals surface area contributed by atoms with Crippen molar-refractivity contribution in [2.24, 2.45) is 0 Å². The molecule has 0 saturated carbocycles. The molecule has 5 nitrogen and oxygen atoms in total. The maximum Gasteiger partial charge on any atom is 0.266 e. The van der Waals surface area contributed by atoms with Crippen molar-refractivity contribution in [3.05, 3.63) is 34.8 Å². The zero-order valence-electron chi connectivity index (χ0n) is 13.1. The van der Waals surface area contributed by atoms with Gasteiger partial charge in [-0.15, -0.1) is 10.2 Å². The molecule has 0 aliphatic heterocycles. The van der Waals surface area contributed by atoms with Gasteiger partial charge in [0, 0.05) is 6.42 Å². The van der Waals surface area contributed by atoms with Crippen molar-refractivity contribution in [2.75, 3.05) is 5.32 Å². The summed E-state index contributed by atoms with van der Waals surface area (Å²) in [5.41, 5.74) is 1.15. The number of aromatic nitrogens is 2. The van der Waals surface area contributed by atoms with Crippen LogP contribution in [0.25, 0.3) is 0 Å². The fraction of sp³-hybridized carbons (Fsp3) is 0.438. The summed E-state index contributed by atoms with van der Waals surface area (Å²) < 4.78 is 5.62. The molecule has 1 unspecified atom stereocenters. The van der Waals surface area contributed by atoms with E-state index < -0.39 is 6.10 Å². The van der Waals surface area contributed by atoms with Crippen molar-refractivity contribution in [1.82, 2.24) is 10.2 Å². The highest BCUT2D eigenvalue weighted by atomic mass is 32.1. The minimum Gasteiger partial charge on any atom is -0.481 e. The molecule has 1 N–H and O–H groups in total. The lowest BCUT2D eigenvalue weighted by Gasteiger charge is -2.13. The minimum absolute atomic E-state index is 0.223. The molecule has 1 heterocycles. The molecule has 1 aromatic carbocycles. The molecular formula is C16H21N3O2S. The SMILES string of the molecule is CCCCc1nnc(NC(=O)C(C)Oc2ccc(C)cc2)s1. The van der Waals surface area contributed by atoms with E-state index in [1.54, 1.807) is 6.92 Å². The van der Waals surface area contributed by atoms with Gasteiger partial charge in [-0.3, -0.25) is 10.1 Å². The molecule has 0 spiro atoms. The van der Waals surface area contributed by atoms with Crippen LogP contribution < -0.4 is 10.1 Å². The van der Waals surface area contributed by atoms with Crippen LogP contribution in [0.4, 0.5) is 5.13 Å². The van der Waals surface area contributed by atoms with Gasteiger partial charge in [0.1, 0.15) is 10.8 Å². The molecule has 0 radical (unpaired) electrons. The Labute approximate surface area is 134 Å². The smallest absolute Gasteiger partial charge is 0.266 e. The van der Waals surface area contributed by atoms with Crippen LogP contribution in [-0.4, -0.2) is 22.2 Å². The van der Waals surface area contributed by atoms with Crippen molar-refractivity contribution in [2.45, 2.75) is 46.1 Å². The van der Waals surface area contributed by atoms with E-state index in [0.29, 0.717) is 10.9 Å². The lowest BCUT2D eigenvalue weighted by Crippen LogP contribution is -2.30. The van der Waals surface area contributed by atoms with Crippen LogP contribution in [0.5, 0.6) is 5.75 Å². The molecular weight excluding hydrogens is 298 g/mol. The first-order chi connectivity index (χ1) is 10.6. The first-order valence-electron chi connectivity index (χ1n) is 7.45. The number of aryl methyl sites for hydroxylation is 2. The second-order valence-electron chi connectivity index (χ2n) is 5.17. The highest BCUT2D eigenvalue weighted by Crippen LogP contribution is 2.18. The second-order valence-corrected chi connectivity index (χ2v) is 6.23. The van der Waals surface area contributed by atoms with Crippen molar-refractivity contribution >= 4 is 22.4 Å². The van der Waals surface area contributed by atoms with E-state index in [0.717, 1.165) is 29.8 Å². The quantitative estimate of drug-likeness (QED) is 0.847. The van der Waals surface area contributed by atoms with Crippen LogP contribution in [0.15, 0.2) is 24.3 Å². The summed E-state index contributed by atoms with van der Waals surface area (Å²) in [5.74, 6) is 0.452. The fourth-order valence-electron chi connectivity index (χ4n) is 1.81. The molecule has 1 amide bonds. The Balaban J connectivity index is 1.88. The summed E-state index contributed by atoms with van der Waals surface area (Å²) in [6.45, 7) is 5.85. The third kappa shape index (κ3) is 4.80. The first kappa shape index (κ1) is 16.4. The lowest BCUT2D eigenvalue weighted by atomic mass is 10.2. The van der Waals surface area contributed by atoms with E-state index >= 15 is 0 Å². The average molecular weight is 319 g/mol. The number of nitrogens with zero attached hydrogens (tertiary/aromatic N) is 2. The van der Waals surface area contributed by atoms with Gasteiger partial charge >= 0.3 is 0 Å². The molecule has 118 valence electrons. The largest absolute Gasteiger partial charge is 0.481 e. The topological polar surface area (TPSA) is 64.1 Å². The van der Waals surface area contributed by atoms with E-state index in [2.05, 4.69) is 22.4 Å². The number of anilines is 1. The summed E-state index contributed by atoms with van der Waals surface area (Å²) in [5, 5.41) is 12.3. The Bertz CT molecular complexity index is 610. The van der Waals surface area contributed by atoms with Crippen LogP contribution >= 0.6 is 11.3 Å². The standard InChI is InChI=1S/C16H21N3O2S/c1-4-5-6-14-18-19-16(22-14)17-15(20)12(3)21-13-9-7-11(2)8-10-13/h7-10,12H,4-6H2,1-3H3,(H,17,19,20). The van der Waals surface area contributed by atoms with Crippen molar-refractivity contribution in [1.29, 1.82) is 0 Å². The summed E-state index contributed by atoms with van der Waals surface area (Å²) >= 11 is 1.42. The Morgan fingerprint density at radius 3 is 2.73 bits per heavy atom. The predicted octanol–water partition coefficient (Wildman–Crippen LogP) is 3.60. The van der Waals surface area contributed by atoms with Gasteiger partial charge in [-0.2, -0.15) is 0 Å². The normalized spacial score (nSPS) is 12.0. The molecule has 0 fully saturated rings. The number of amides is 1. The Morgan fingerprint density at radius 1 is 1.32 bits per heavy atom. The average Bonchev–Trinajstić information content (AvgIpc) is 2.95. The molecule has 1 aromatic heterocycles. The second kappa shape index (κ2) is 7.89. The third-order valence-corrected chi connectivity index (χ3v) is 4.04. The Kier molecular flexibility index (Phi) is 5.89. The van der Waals surface area contributed by atoms with E-state index in [1.807, 2.05) is 31.2 Å². The number of ether oxygens (including phenoxy) is 1. The predicted molar refractivity (Wildman–Crippen MR) is 88.4 cm³/mol. The van der Waals surface area contributed by atoms with Crippen LogP contribution in [0.1, 0.15) is 37.3 Å². The highest BCUT2D eigenvalue weighted by molar-refractivity contribution is 7.15. The number of hydrogen-bond donors (Lipinski definition) is 1. The Morgan fingerprint density at radius 2 is 2.05 bits per heavy atom. The lowest BCUT2D eigenvalue weighted by molar-refractivity contribution is -0.122. The summed E-state index contributed by atoms with van der Waals surface area (Å²) in [6.07, 6.45) is 2.50. The number of carbonyl (C=O) groups is 1. The number of rotatable bonds is 7. The number of hydrogen-bond acceptors (Lipinski definition) is 5. The number of nitrogens with one attached hydrogen (secondary N) is 1.